The van der Waals surface area contributed by atoms with Gasteiger partial charge in [0, 0.05) is 35.1 Å². The SMILES string of the molecule is CCC(=O)Nc1ccc(C#Cc2cccc(C(F)(F)F)c2)cc1C(=O)O.CCC(=O)Nc1ccc(C#Cc2ccccc2C(F)(F)F)cc1C(=O)O. The topological polar surface area (TPSA) is 133 Å². The number of halogens is 6. The summed E-state index contributed by atoms with van der Waals surface area (Å²) in [6.45, 7) is 3.25. The van der Waals surface area contributed by atoms with Gasteiger partial charge in [0.25, 0.3) is 0 Å². The Kier molecular flexibility index (Phi) is 13.4. The minimum absolute atomic E-state index is 0.102. The van der Waals surface area contributed by atoms with E-state index in [9.17, 15) is 55.7 Å². The van der Waals surface area contributed by atoms with Crippen molar-refractivity contribution in [1.29, 1.82) is 0 Å². The highest BCUT2D eigenvalue weighted by Gasteiger charge is 2.32. The third-order valence-electron chi connectivity index (χ3n) is 6.81. The van der Waals surface area contributed by atoms with Gasteiger partial charge in [-0.05, 0) is 66.7 Å². The molecule has 4 aromatic carbocycles. The van der Waals surface area contributed by atoms with E-state index < -0.39 is 35.4 Å². The van der Waals surface area contributed by atoms with Gasteiger partial charge in [0.15, 0.2) is 0 Å². The van der Waals surface area contributed by atoms with Gasteiger partial charge in [-0.1, -0.05) is 55.7 Å². The van der Waals surface area contributed by atoms with Crippen molar-refractivity contribution in [3.63, 3.8) is 0 Å². The van der Waals surface area contributed by atoms with E-state index in [-0.39, 0.29) is 63.8 Å². The fourth-order valence-electron chi connectivity index (χ4n) is 4.19. The molecule has 0 spiro atoms. The number of anilines is 2. The molecule has 4 N–H and O–H groups in total. The average Bonchev–Trinajstić information content (AvgIpc) is 3.10. The van der Waals surface area contributed by atoms with E-state index >= 15 is 0 Å². The molecule has 52 heavy (non-hydrogen) atoms. The summed E-state index contributed by atoms with van der Waals surface area (Å²) in [4.78, 5) is 45.6. The summed E-state index contributed by atoms with van der Waals surface area (Å²) in [6, 6.07) is 17.5. The van der Waals surface area contributed by atoms with Gasteiger partial charge in [0.2, 0.25) is 11.8 Å². The lowest BCUT2D eigenvalue weighted by Gasteiger charge is -2.09. The van der Waals surface area contributed by atoms with Crippen LogP contribution in [0.5, 0.6) is 0 Å². The molecule has 0 bridgehead atoms. The first-order valence-corrected chi connectivity index (χ1v) is 15.1. The van der Waals surface area contributed by atoms with E-state index in [4.69, 9.17) is 0 Å². The third kappa shape index (κ3) is 11.5. The zero-order valence-corrected chi connectivity index (χ0v) is 27.3. The quantitative estimate of drug-likeness (QED) is 0.117. The Morgan fingerprint density at radius 1 is 0.577 bits per heavy atom. The van der Waals surface area contributed by atoms with Crippen LogP contribution in [0.15, 0.2) is 84.9 Å². The lowest BCUT2D eigenvalue weighted by molar-refractivity contribution is -0.138. The number of rotatable bonds is 6. The Morgan fingerprint density at radius 3 is 1.48 bits per heavy atom. The highest BCUT2D eigenvalue weighted by molar-refractivity contribution is 6.01. The molecule has 0 aromatic heterocycles. The van der Waals surface area contributed by atoms with Crippen LogP contribution in [0.1, 0.15) is 80.8 Å². The molecule has 0 aliphatic rings. The molecule has 0 atom stereocenters. The number of amides is 2. The number of aromatic carboxylic acids is 2. The fraction of sp³-hybridized carbons (Fsp3) is 0.158. The Bertz CT molecular complexity index is 2120. The van der Waals surface area contributed by atoms with E-state index in [0.29, 0.717) is 5.56 Å². The summed E-state index contributed by atoms with van der Waals surface area (Å²) in [7, 11) is 0. The van der Waals surface area contributed by atoms with Gasteiger partial charge in [-0.2, -0.15) is 26.3 Å². The van der Waals surface area contributed by atoms with Gasteiger partial charge < -0.3 is 20.8 Å². The van der Waals surface area contributed by atoms with Gasteiger partial charge in [0.1, 0.15) is 0 Å². The number of hydrogen-bond acceptors (Lipinski definition) is 4. The van der Waals surface area contributed by atoms with E-state index in [1.54, 1.807) is 13.8 Å². The zero-order chi connectivity index (χ0) is 38.6. The van der Waals surface area contributed by atoms with Crippen LogP contribution in [0.25, 0.3) is 0 Å². The second kappa shape index (κ2) is 17.4. The number of carboxylic acid groups (broad SMARTS) is 2. The highest BCUT2D eigenvalue weighted by Crippen LogP contribution is 2.32. The average molecular weight is 723 g/mol. The number of carboxylic acids is 2. The monoisotopic (exact) mass is 722 g/mol. The van der Waals surface area contributed by atoms with Crippen molar-refractivity contribution in [2.75, 3.05) is 10.6 Å². The van der Waals surface area contributed by atoms with E-state index in [1.165, 1.54) is 66.7 Å². The van der Waals surface area contributed by atoms with E-state index in [2.05, 4.69) is 34.3 Å². The molecule has 14 heteroatoms. The Morgan fingerprint density at radius 2 is 1.04 bits per heavy atom. The Balaban J connectivity index is 0.000000280. The summed E-state index contributed by atoms with van der Waals surface area (Å²) in [6.07, 6.45) is -8.63. The summed E-state index contributed by atoms with van der Waals surface area (Å²) < 4.78 is 77.0. The molecule has 0 aliphatic carbocycles. The molecule has 0 aliphatic heterocycles. The molecular formula is C38H28F6N2O6. The maximum Gasteiger partial charge on any atom is 0.417 e. The number of alkyl halides is 6. The molecule has 0 fully saturated rings. The van der Waals surface area contributed by atoms with Gasteiger partial charge >= 0.3 is 24.3 Å². The lowest BCUT2D eigenvalue weighted by Crippen LogP contribution is -2.13. The summed E-state index contributed by atoms with van der Waals surface area (Å²) >= 11 is 0. The number of carbonyl (C=O) groups is 4. The normalized spacial score (nSPS) is 10.6. The van der Waals surface area contributed by atoms with Crippen molar-refractivity contribution < 1.29 is 55.7 Å². The molecule has 0 heterocycles. The molecular weight excluding hydrogens is 694 g/mol. The molecule has 0 saturated carbocycles. The predicted molar refractivity (Wildman–Crippen MR) is 179 cm³/mol. The number of benzene rings is 4. The van der Waals surface area contributed by atoms with Gasteiger partial charge in [-0.3, -0.25) is 9.59 Å². The van der Waals surface area contributed by atoms with Crippen LogP contribution in [0, 0.1) is 23.7 Å². The maximum absolute atomic E-state index is 13.0. The predicted octanol–water partition coefficient (Wildman–Crippen LogP) is 8.30. The summed E-state index contributed by atoms with van der Waals surface area (Å²) in [5.41, 5.74) is -1.32. The zero-order valence-electron chi connectivity index (χ0n) is 27.3. The Labute approximate surface area is 293 Å². The molecule has 268 valence electrons. The standard InChI is InChI=1S/2C19H14F3NO3/c1-2-17(24)23-16-9-8-13(11-15(16)18(25)26)7-6-12-4-3-5-14(10-12)19(20,21)22;1-2-17(24)23-16-10-8-12(11-14(16)18(25)26)7-9-13-5-3-4-6-15(13)19(20,21)22/h3-5,8-11H,2H2,1H3,(H,23,24)(H,25,26);3-6,8,10-11H,2H2,1H3,(H,23,24)(H,25,26). The Hall–Kier alpha value is -6.54. The van der Waals surface area contributed by atoms with Crippen molar-refractivity contribution in [1.82, 2.24) is 0 Å². The van der Waals surface area contributed by atoms with Gasteiger partial charge in [-0.25, -0.2) is 9.59 Å². The highest BCUT2D eigenvalue weighted by atomic mass is 19.4. The minimum Gasteiger partial charge on any atom is -0.478 e. The summed E-state index contributed by atoms with van der Waals surface area (Å²) in [5.74, 6) is 6.95. The second-order valence-corrected chi connectivity index (χ2v) is 10.6. The largest absolute Gasteiger partial charge is 0.478 e. The first kappa shape index (κ1) is 39.9. The smallest absolute Gasteiger partial charge is 0.417 e. The van der Waals surface area contributed by atoms with Crippen molar-refractivity contribution >= 4 is 35.1 Å². The molecule has 0 unspecified atom stereocenters. The van der Waals surface area contributed by atoms with Crippen molar-refractivity contribution in [2.45, 2.75) is 39.0 Å². The van der Waals surface area contributed by atoms with Crippen molar-refractivity contribution in [2.24, 2.45) is 0 Å². The fourth-order valence-corrected chi connectivity index (χ4v) is 4.19. The molecule has 0 saturated heterocycles. The number of hydrogen-bond donors (Lipinski definition) is 4. The maximum atomic E-state index is 13.0. The van der Waals surface area contributed by atoms with Crippen LogP contribution in [0.3, 0.4) is 0 Å². The van der Waals surface area contributed by atoms with Crippen molar-refractivity contribution in [3.05, 3.63) is 129 Å². The first-order chi connectivity index (χ1) is 24.4. The second-order valence-electron chi connectivity index (χ2n) is 10.6. The van der Waals surface area contributed by atoms with Gasteiger partial charge in [-0.15, -0.1) is 0 Å². The van der Waals surface area contributed by atoms with E-state index in [0.717, 1.165) is 18.2 Å². The van der Waals surface area contributed by atoms with E-state index in [1.807, 2.05) is 0 Å². The third-order valence-corrected chi connectivity index (χ3v) is 6.81. The number of nitrogens with one attached hydrogen (secondary N) is 2. The lowest BCUT2D eigenvalue weighted by atomic mass is 10.1. The van der Waals surface area contributed by atoms with Crippen molar-refractivity contribution in [3.8, 4) is 23.7 Å². The van der Waals surface area contributed by atoms with Crippen LogP contribution in [0.4, 0.5) is 37.7 Å². The van der Waals surface area contributed by atoms with Crippen LogP contribution in [-0.4, -0.2) is 34.0 Å². The van der Waals surface area contributed by atoms with Crippen LogP contribution < -0.4 is 10.6 Å². The molecule has 4 aromatic rings. The first-order valence-electron chi connectivity index (χ1n) is 15.1. The molecule has 0 radical (unpaired) electrons. The van der Waals surface area contributed by atoms with Crippen LogP contribution >= 0.6 is 0 Å². The minimum atomic E-state index is -4.54. The molecule has 8 nitrogen and oxygen atoms in total. The number of carbonyl (C=O) groups excluding carboxylic acids is 2. The molecule has 2 amide bonds. The van der Waals surface area contributed by atoms with Crippen LogP contribution in [-0.2, 0) is 21.9 Å². The molecule has 4 rings (SSSR count). The van der Waals surface area contributed by atoms with Crippen LogP contribution in [0.2, 0.25) is 0 Å². The summed E-state index contributed by atoms with van der Waals surface area (Å²) in [5, 5.41) is 23.5. The van der Waals surface area contributed by atoms with Gasteiger partial charge in [0.05, 0.1) is 33.6 Å².